The molecule has 25 heavy (non-hydrogen) atoms. The number of carbonyl (C=O) groups excluding carboxylic acids is 1. The van der Waals surface area contributed by atoms with Crippen molar-refractivity contribution in [2.75, 3.05) is 19.7 Å². The summed E-state index contributed by atoms with van der Waals surface area (Å²) in [7, 11) is 0. The standard InChI is InChI=1S/C19H24FN3O2/c1-13-10-16(21-23(13)19(2,3)4)18(24)22-8-9-25-17(12-22)14-6-5-7-15(20)11-14/h5-7,10-11,17H,8-9,12H2,1-4H3/t17-/m1/s1. The Morgan fingerprint density at radius 3 is 2.72 bits per heavy atom. The van der Waals surface area contributed by atoms with E-state index in [0.29, 0.717) is 25.4 Å². The van der Waals surface area contributed by atoms with E-state index >= 15 is 0 Å². The van der Waals surface area contributed by atoms with E-state index in [-0.39, 0.29) is 23.4 Å². The summed E-state index contributed by atoms with van der Waals surface area (Å²) in [5.41, 5.74) is 1.95. The van der Waals surface area contributed by atoms with Crippen LogP contribution in [-0.4, -0.2) is 40.3 Å². The molecule has 0 unspecified atom stereocenters. The van der Waals surface area contributed by atoms with Gasteiger partial charge in [-0.3, -0.25) is 9.48 Å². The van der Waals surface area contributed by atoms with Gasteiger partial charge in [0.05, 0.1) is 18.7 Å². The Labute approximate surface area is 147 Å². The van der Waals surface area contributed by atoms with Crippen molar-refractivity contribution in [2.45, 2.75) is 39.3 Å². The average molecular weight is 345 g/mol. The molecule has 6 heteroatoms. The van der Waals surface area contributed by atoms with Crippen LogP contribution >= 0.6 is 0 Å². The fourth-order valence-corrected chi connectivity index (χ4v) is 3.16. The molecule has 2 heterocycles. The Kier molecular flexibility index (Phi) is 4.64. The van der Waals surface area contributed by atoms with Crippen LogP contribution in [0.25, 0.3) is 0 Å². The molecule has 0 aliphatic carbocycles. The number of amides is 1. The molecule has 1 aromatic heterocycles. The molecule has 1 aliphatic heterocycles. The highest BCUT2D eigenvalue weighted by Crippen LogP contribution is 2.24. The summed E-state index contributed by atoms with van der Waals surface area (Å²) < 4.78 is 21.1. The Hall–Kier alpha value is -2.21. The molecule has 0 saturated carbocycles. The molecule has 0 radical (unpaired) electrons. The van der Waals surface area contributed by atoms with Crippen LogP contribution in [-0.2, 0) is 10.3 Å². The van der Waals surface area contributed by atoms with Gasteiger partial charge in [0.2, 0.25) is 0 Å². The molecule has 1 amide bonds. The number of aryl methyl sites for hydroxylation is 1. The van der Waals surface area contributed by atoms with Crippen molar-refractivity contribution in [3.8, 4) is 0 Å². The van der Waals surface area contributed by atoms with Crippen molar-refractivity contribution < 1.29 is 13.9 Å². The molecule has 1 saturated heterocycles. The third-order valence-electron chi connectivity index (χ3n) is 4.32. The van der Waals surface area contributed by atoms with Gasteiger partial charge in [0.25, 0.3) is 5.91 Å². The largest absolute Gasteiger partial charge is 0.370 e. The molecule has 0 bridgehead atoms. The summed E-state index contributed by atoms with van der Waals surface area (Å²) >= 11 is 0. The molecule has 1 aliphatic rings. The first-order chi connectivity index (χ1) is 11.8. The Morgan fingerprint density at radius 1 is 1.32 bits per heavy atom. The van der Waals surface area contributed by atoms with E-state index in [1.54, 1.807) is 11.0 Å². The highest BCUT2D eigenvalue weighted by atomic mass is 19.1. The van der Waals surface area contributed by atoms with Crippen molar-refractivity contribution in [2.24, 2.45) is 0 Å². The van der Waals surface area contributed by atoms with Gasteiger partial charge in [0, 0.05) is 12.2 Å². The minimum Gasteiger partial charge on any atom is -0.370 e. The molecule has 1 aromatic carbocycles. The van der Waals surface area contributed by atoms with Gasteiger partial charge >= 0.3 is 0 Å². The van der Waals surface area contributed by atoms with Gasteiger partial charge in [-0.05, 0) is 51.5 Å². The molecule has 0 spiro atoms. The summed E-state index contributed by atoms with van der Waals surface area (Å²) in [5, 5.41) is 4.49. The zero-order valence-electron chi connectivity index (χ0n) is 15.1. The van der Waals surface area contributed by atoms with Gasteiger partial charge in [-0.15, -0.1) is 0 Å². The van der Waals surface area contributed by atoms with Crippen LogP contribution in [0, 0.1) is 12.7 Å². The van der Waals surface area contributed by atoms with Gasteiger partial charge in [-0.25, -0.2) is 4.39 Å². The maximum Gasteiger partial charge on any atom is 0.274 e. The number of morpholine rings is 1. The quantitative estimate of drug-likeness (QED) is 0.839. The lowest BCUT2D eigenvalue weighted by Gasteiger charge is -2.32. The van der Waals surface area contributed by atoms with Crippen LogP contribution in [0.15, 0.2) is 30.3 Å². The van der Waals surface area contributed by atoms with Crippen LogP contribution in [0.1, 0.15) is 48.6 Å². The van der Waals surface area contributed by atoms with E-state index in [1.807, 2.05) is 23.7 Å². The third-order valence-corrected chi connectivity index (χ3v) is 4.32. The van der Waals surface area contributed by atoms with Crippen molar-refractivity contribution in [3.63, 3.8) is 0 Å². The first kappa shape index (κ1) is 17.6. The van der Waals surface area contributed by atoms with E-state index in [1.165, 1.54) is 12.1 Å². The normalized spacial score (nSPS) is 18.4. The van der Waals surface area contributed by atoms with Gasteiger partial charge in [-0.1, -0.05) is 12.1 Å². The second-order valence-electron chi connectivity index (χ2n) is 7.42. The lowest BCUT2D eigenvalue weighted by atomic mass is 10.1. The van der Waals surface area contributed by atoms with Gasteiger partial charge in [0.1, 0.15) is 11.9 Å². The van der Waals surface area contributed by atoms with Crippen molar-refractivity contribution in [3.05, 3.63) is 53.1 Å². The highest BCUT2D eigenvalue weighted by Gasteiger charge is 2.29. The predicted molar refractivity (Wildman–Crippen MR) is 93.0 cm³/mol. The summed E-state index contributed by atoms with van der Waals surface area (Å²) in [6, 6.07) is 8.15. The second kappa shape index (κ2) is 6.59. The highest BCUT2D eigenvalue weighted by molar-refractivity contribution is 5.92. The average Bonchev–Trinajstić information content (AvgIpc) is 2.96. The molecule has 3 rings (SSSR count). The van der Waals surface area contributed by atoms with Gasteiger partial charge in [-0.2, -0.15) is 5.10 Å². The molecule has 5 nitrogen and oxygen atoms in total. The van der Waals surface area contributed by atoms with Crippen LogP contribution in [0.2, 0.25) is 0 Å². The number of rotatable bonds is 2. The first-order valence-corrected chi connectivity index (χ1v) is 8.49. The van der Waals surface area contributed by atoms with Crippen molar-refractivity contribution >= 4 is 5.91 Å². The second-order valence-corrected chi connectivity index (χ2v) is 7.42. The minimum absolute atomic E-state index is 0.115. The molecule has 134 valence electrons. The van der Waals surface area contributed by atoms with Crippen LogP contribution in [0.4, 0.5) is 4.39 Å². The van der Waals surface area contributed by atoms with E-state index < -0.39 is 0 Å². The van der Waals surface area contributed by atoms with Gasteiger partial charge < -0.3 is 9.64 Å². The lowest BCUT2D eigenvalue weighted by Crippen LogP contribution is -2.42. The Morgan fingerprint density at radius 2 is 2.08 bits per heavy atom. The molecule has 0 N–H and O–H groups in total. The Balaban J connectivity index is 1.78. The molecule has 2 aromatic rings. The maximum absolute atomic E-state index is 13.5. The van der Waals surface area contributed by atoms with E-state index in [9.17, 15) is 9.18 Å². The molecular formula is C19H24FN3O2. The predicted octanol–water partition coefficient (Wildman–Crippen LogP) is 3.30. The number of halogens is 1. The zero-order valence-corrected chi connectivity index (χ0v) is 15.1. The van der Waals surface area contributed by atoms with Gasteiger partial charge in [0.15, 0.2) is 5.69 Å². The number of nitrogens with zero attached hydrogens (tertiary/aromatic N) is 3. The number of benzene rings is 1. The third kappa shape index (κ3) is 3.74. The summed E-state index contributed by atoms with van der Waals surface area (Å²) in [5.74, 6) is -0.417. The van der Waals surface area contributed by atoms with Crippen molar-refractivity contribution in [1.82, 2.24) is 14.7 Å². The van der Waals surface area contributed by atoms with Crippen molar-refractivity contribution in [1.29, 1.82) is 0 Å². The molecule has 1 atom stereocenters. The number of ether oxygens (including phenoxy) is 1. The SMILES string of the molecule is Cc1cc(C(=O)N2CCO[C@@H](c3cccc(F)c3)C2)nn1C(C)(C)C. The molecule has 1 fully saturated rings. The van der Waals surface area contributed by atoms with E-state index in [4.69, 9.17) is 4.74 Å². The summed E-state index contributed by atoms with van der Waals surface area (Å²) in [6.45, 7) is 9.42. The van der Waals surface area contributed by atoms with E-state index in [2.05, 4.69) is 25.9 Å². The number of carbonyl (C=O) groups is 1. The summed E-state index contributed by atoms with van der Waals surface area (Å²) in [6.07, 6.45) is -0.320. The van der Waals surface area contributed by atoms with Crippen LogP contribution in [0.3, 0.4) is 0 Å². The minimum atomic E-state index is -0.320. The van der Waals surface area contributed by atoms with E-state index in [0.717, 1.165) is 11.3 Å². The number of aromatic nitrogens is 2. The molecular weight excluding hydrogens is 321 g/mol. The smallest absolute Gasteiger partial charge is 0.274 e. The first-order valence-electron chi connectivity index (χ1n) is 8.49. The topological polar surface area (TPSA) is 47.4 Å². The monoisotopic (exact) mass is 345 g/mol. The summed E-state index contributed by atoms with van der Waals surface area (Å²) in [4.78, 5) is 14.6. The Bertz CT molecular complexity index is 779. The zero-order chi connectivity index (χ0) is 18.2. The number of hydrogen-bond donors (Lipinski definition) is 0. The fraction of sp³-hybridized carbons (Fsp3) is 0.474. The van der Waals surface area contributed by atoms with Crippen LogP contribution in [0.5, 0.6) is 0 Å². The maximum atomic E-state index is 13.5. The lowest BCUT2D eigenvalue weighted by molar-refractivity contribution is -0.0231. The number of hydrogen-bond acceptors (Lipinski definition) is 3. The fourth-order valence-electron chi connectivity index (χ4n) is 3.16. The van der Waals surface area contributed by atoms with Crippen LogP contribution < -0.4 is 0 Å².